The molecule has 15 heavy (non-hydrogen) atoms. The first kappa shape index (κ1) is 11.7. The van der Waals surface area contributed by atoms with E-state index in [9.17, 15) is 9.59 Å². The Morgan fingerprint density at radius 1 is 1.47 bits per heavy atom. The van der Waals surface area contributed by atoms with E-state index in [1.807, 2.05) is 13.8 Å². The minimum atomic E-state index is -0.998. The van der Waals surface area contributed by atoms with E-state index in [-0.39, 0.29) is 16.8 Å². The lowest BCUT2D eigenvalue weighted by Crippen LogP contribution is -2.31. The van der Waals surface area contributed by atoms with Crippen LogP contribution in [-0.2, 0) is 0 Å². The van der Waals surface area contributed by atoms with Crippen LogP contribution in [0.15, 0.2) is 12.1 Å². The molecular formula is C10H13NO3S. The van der Waals surface area contributed by atoms with Crippen molar-refractivity contribution >= 4 is 23.2 Å². The first-order valence-corrected chi connectivity index (χ1v) is 5.50. The molecule has 1 unspecified atom stereocenters. The standard InChI is InChI=1S/C10H13NO3S/c1-3-6(2)11-9(12)7-4-5-8(15-7)10(13)14/h4-6H,3H2,1-2H3,(H,11,12)(H,13,14). The Morgan fingerprint density at radius 3 is 2.53 bits per heavy atom. The highest BCUT2D eigenvalue weighted by molar-refractivity contribution is 7.15. The first-order valence-electron chi connectivity index (χ1n) is 4.68. The van der Waals surface area contributed by atoms with Gasteiger partial charge in [-0.3, -0.25) is 4.79 Å². The molecule has 0 saturated carbocycles. The molecule has 1 aromatic rings. The number of amides is 1. The van der Waals surface area contributed by atoms with E-state index < -0.39 is 5.97 Å². The smallest absolute Gasteiger partial charge is 0.345 e. The molecule has 0 aliphatic rings. The summed E-state index contributed by atoms with van der Waals surface area (Å²) in [4.78, 5) is 22.8. The van der Waals surface area contributed by atoms with Crippen LogP contribution >= 0.6 is 11.3 Å². The fourth-order valence-electron chi connectivity index (χ4n) is 0.972. The van der Waals surface area contributed by atoms with Gasteiger partial charge in [-0.05, 0) is 25.5 Å². The van der Waals surface area contributed by atoms with Gasteiger partial charge >= 0.3 is 5.97 Å². The van der Waals surface area contributed by atoms with Gasteiger partial charge in [0.1, 0.15) is 4.88 Å². The van der Waals surface area contributed by atoms with Crippen molar-refractivity contribution in [3.63, 3.8) is 0 Å². The van der Waals surface area contributed by atoms with E-state index in [0.29, 0.717) is 4.88 Å². The molecule has 0 fully saturated rings. The average Bonchev–Trinajstić information content (AvgIpc) is 2.66. The van der Waals surface area contributed by atoms with Gasteiger partial charge in [0.2, 0.25) is 0 Å². The van der Waals surface area contributed by atoms with Crippen molar-refractivity contribution in [2.75, 3.05) is 0 Å². The topological polar surface area (TPSA) is 66.4 Å². The van der Waals surface area contributed by atoms with Gasteiger partial charge in [0, 0.05) is 6.04 Å². The Kier molecular flexibility index (Phi) is 3.85. The fourth-order valence-corrected chi connectivity index (χ4v) is 1.72. The Hall–Kier alpha value is -1.36. The number of thiophene rings is 1. The summed E-state index contributed by atoms with van der Waals surface area (Å²) in [5, 5.41) is 11.5. The van der Waals surface area contributed by atoms with Crippen molar-refractivity contribution in [2.24, 2.45) is 0 Å². The van der Waals surface area contributed by atoms with Crippen molar-refractivity contribution in [3.05, 3.63) is 21.9 Å². The van der Waals surface area contributed by atoms with Gasteiger partial charge in [-0.25, -0.2) is 4.79 Å². The minimum Gasteiger partial charge on any atom is -0.477 e. The molecule has 1 heterocycles. The second kappa shape index (κ2) is 4.93. The lowest BCUT2D eigenvalue weighted by atomic mass is 10.2. The Morgan fingerprint density at radius 2 is 2.07 bits per heavy atom. The maximum Gasteiger partial charge on any atom is 0.345 e. The van der Waals surface area contributed by atoms with Gasteiger partial charge in [0.05, 0.1) is 4.88 Å². The van der Waals surface area contributed by atoms with Crippen LogP contribution in [0.1, 0.15) is 39.6 Å². The predicted octanol–water partition coefficient (Wildman–Crippen LogP) is 1.97. The molecule has 0 saturated heterocycles. The van der Waals surface area contributed by atoms with Gasteiger partial charge in [0.15, 0.2) is 0 Å². The molecular weight excluding hydrogens is 214 g/mol. The molecule has 0 aliphatic heterocycles. The normalized spacial score (nSPS) is 12.1. The zero-order chi connectivity index (χ0) is 11.4. The number of hydrogen-bond acceptors (Lipinski definition) is 3. The fraction of sp³-hybridized carbons (Fsp3) is 0.400. The van der Waals surface area contributed by atoms with Crippen molar-refractivity contribution in [3.8, 4) is 0 Å². The molecule has 0 spiro atoms. The number of aromatic carboxylic acids is 1. The number of carboxylic acids is 1. The van der Waals surface area contributed by atoms with Gasteiger partial charge in [-0.2, -0.15) is 0 Å². The Labute approximate surface area is 91.9 Å². The molecule has 1 rings (SSSR count). The number of rotatable bonds is 4. The van der Waals surface area contributed by atoms with Crippen LogP contribution in [0.5, 0.6) is 0 Å². The third kappa shape index (κ3) is 3.06. The third-order valence-corrected chi connectivity index (χ3v) is 3.10. The van der Waals surface area contributed by atoms with Crippen LogP contribution in [0.4, 0.5) is 0 Å². The lowest BCUT2D eigenvalue weighted by molar-refractivity contribution is 0.0702. The summed E-state index contributed by atoms with van der Waals surface area (Å²) in [6.07, 6.45) is 0.850. The molecule has 0 aromatic carbocycles. The highest BCUT2D eigenvalue weighted by Gasteiger charge is 2.13. The van der Waals surface area contributed by atoms with E-state index in [4.69, 9.17) is 5.11 Å². The predicted molar refractivity (Wildman–Crippen MR) is 58.5 cm³/mol. The Balaban J connectivity index is 2.70. The molecule has 0 bridgehead atoms. The van der Waals surface area contributed by atoms with E-state index in [1.54, 1.807) is 0 Å². The second-order valence-corrected chi connectivity index (χ2v) is 4.34. The monoisotopic (exact) mass is 227 g/mol. The summed E-state index contributed by atoms with van der Waals surface area (Å²) in [5.41, 5.74) is 0. The summed E-state index contributed by atoms with van der Waals surface area (Å²) < 4.78 is 0. The zero-order valence-electron chi connectivity index (χ0n) is 8.61. The minimum absolute atomic E-state index is 0.105. The van der Waals surface area contributed by atoms with Crippen molar-refractivity contribution < 1.29 is 14.7 Å². The lowest BCUT2D eigenvalue weighted by Gasteiger charge is -2.09. The largest absolute Gasteiger partial charge is 0.477 e. The van der Waals surface area contributed by atoms with Gasteiger partial charge in [-0.1, -0.05) is 6.92 Å². The van der Waals surface area contributed by atoms with Crippen LogP contribution in [0.3, 0.4) is 0 Å². The molecule has 1 amide bonds. The summed E-state index contributed by atoms with van der Waals surface area (Å²) >= 11 is 0.990. The highest BCUT2D eigenvalue weighted by atomic mass is 32.1. The van der Waals surface area contributed by atoms with E-state index in [1.165, 1.54) is 12.1 Å². The Bertz CT molecular complexity index is 372. The van der Waals surface area contributed by atoms with Crippen molar-refractivity contribution in [1.29, 1.82) is 0 Å². The van der Waals surface area contributed by atoms with Crippen LogP contribution < -0.4 is 5.32 Å². The molecule has 82 valence electrons. The SMILES string of the molecule is CCC(C)NC(=O)c1ccc(C(=O)O)s1. The van der Waals surface area contributed by atoms with E-state index in [0.717, 1.165) is 17.8 Å². The second-order valence-electron chi connectivity index (χ2n) is 3.25. The van der Waals surface area contributed by atoms with Gasteiger partial charge in [-0.15, -0.1) is 11.3 Å². The number of hydrogen-bond donors (Lipinski definition) is 2. The summed E-state index contributed by atoms with van der Waals surface area (Å²) in [6, 6.07) is 3.08. The molecule has 4 nitrogen and oxygen atoms in total. The molecule has 2 N–H and O–H groups in total. The number of carboxylic acid groups (broad SMARTS) is 1. The van der Waals surface area contributed by atoms with Crippen molar-refractivity contribution in [1.82, 2.24) is 5.32 Å². The molecule has 5 heteroatoms. The number of carbonyl (C=O) groups is 2. The average molecular weight is 227 g/mol. The first-order chi connectivity index (χ1) is 7.04. The van der Waals surface area contributed by atoms with Crippen LogP contribution in [0.25, 0.3) is 0 Å². The summed E-state index contributed by atoms with van der Waals surface area (Å²) in [6.45, 7) is 3.88. The van der Waals surface area contributed by atoms with Gasteiger partial charge in [0.25, 0.3) is 5.91 Å². The highest BCUT2D eigenvalue weighted by Crippen LogP contribution is 2.16. The summed E-state index contributed by atoms with van der Waals surface area (Å²) in [7, 11) is 0. The molecule has 0 aliphatic carbocycles. The van der Waals surface area contributed by atoms with Crippen LogP contribution in [0.2, 0.25) is 0 Å². The summed E-state index contributed by atoms with van der Waals surface area (Å²) in [5.74, 6) is -1.20. The van der Waals surface area contributed by atoms with Crippen LogP contribution in [0, 0.1) is 0 Å². The quantitative estimate of drug-likeness (QED) is 0.826. The maximum atomic E-state index is 11.6. The van der Waals surface area contributed by atoms with Gasteiger partial charge < -0.3 is 10.4 Å². The number of carbonyl (C=O) groups excluding carboxylic acids is 1. The van der Waals surface area contributed by atoms with E-state index in [2.05, 4.69) is 5.32 Å². The van der Waals surface area contributed by atoms with Crippen LogP contribution in [-0.4, -0.2) is 23.0 Å². The third-order valence-electron chi connectivity index (χ3n) is 2.03. The number of nitrogens with one attached hydrogen (secondary N) is 1. The maximum absolute atomic E-state index is 11.6. The zero-order valence-corrected chi connectivity index (χ0v) is 9.43. The molecule has 1 atom stereocenters. The van der Waals surface area contributed by atoms with E-state index >= 15 is 0 Å². The molecule has 0 radical (unpaired) electrons. The molecule has 1 aromatic heterocycles. The van der Waals surface area contributed by atoms with Crippen molar-refractivity contribution in [2.45, 2.75) is 26.3 Å².